The van der Waals surface area contributed by atoms with Crippen molar-refractivity contribution >= 4 is 0 Å². The largest absolute Gasteiger partial charge is 0.311 e. The smallest absolute Gasteiger partial charge is 0.253 e. The van der Waals surface area contributed by atoms with E-state index >= 15 is 0 Å². The van der Waals surface area contributed by atoms with Crippen LogP contribution in [-0.4, -0.2) is 13.2 Å². The second-order valence-corrected chi connectivity index (χ2v) is 1.04. The van der Waals surface area contributed by atoms with E-state index in [9.17, 15) is 13.2 Å². The highest BCUT2D eigenvalue weighted by molar-refractivity contribution is 4.83. The predicted octanol–water partition coefficient (Wildman–Crippen LogP) is 1.71. The summed E-state index contributed by atoms with van der Waals surface area (Å²) < 4.78 is 37.4. The van der Waals surface area contributed by atoms with E-state index in [-0.39, 0.29) is 0 Å². The second kappa shape index (κ2) is 3.49. The van der Waals surface area contributed by atoms with Gasteiger partial charge < -0.3 is 4.74 Å². The number of halogens is 3. The lowest BCUT2D eigenvalue weighted by atomic mass is 10.6. The fourth-order valence-electron chi connectivity index (χ4n) is 0.146. The third kappa shape index (κ3) is 2.63. The third-order valence-electron chi connectivity index (χ3n) is 0.456. The van der Waals surface area contributed by atoms with Crippen LogP contribution < -0.4 is 0 Å². The number of hydrogen-bond acceptors (Lipinski definition) is 1. The highest BCUT2D eigenvalue weighted by Gasteiger charge is 2.08. The third-order valence-corrected chi connectivity index (χ3v) is 0.456. The van der Waals surface area contributed by atoms with Gasteiger partial charge in [0.1, 0.15) is 0 Å². The zero-order valence-corrected chi connectivity index (χ0v) is 4.03. The molecular formula is C4H5F3O. The lowest BCUT2D eigenvalue weighted by Crippen LogP contribution is -2.04. The molecule has 0 aliphatic carbocycles. The van der Waals surface area contributed by atoms with Crippen molar-refractivity contribution in [3.8, 4) is 0 Å². The van der Waals surface area contributed by atoms with Gasteiger partial charge in [-0.25, -0.2) is 13.2 Å². The van der Waals surface area contributed by atoms with Gasteiger partial charge in [-0.3, -0.25) is 0 Å². The van der Waals surface area contributed by atoms with Crippen LogP contribution >= 0.6 is 0 Å². The van der Waals surface area contributed by atoms with E-state index < -0.39 is 19.0 Å². The summed E-state index contributed by atoms with van der Waals surface area (Å²) >= 11 is 0. The van der Waals surface area contributed by atoms with E-state index in [1.807, 2.05) is 0 Å². The minimum Gasteiger partial charge on any atom is -0.311 e. The summed E-state index contributed by atoms with van der Waals surface area (Å²) in [5.74, 6) is -1.32. The molecule has 0 aliphatic rings. The van der Waals surface area contributed by atoms with Crippen molar-refractivity contribution < 1.29 is 17.9 Å². The van der Waals surface area contributed by atoms with Crippen LogP contribution in [0.4, 0.5) is 13.2 Å². The molecule has 0 spiro atoms. The van der Waals surface area contributed by atoms with Crippen molar-refractivity contribution in [3.05, 3.63) is 12.4 Å². The molecule has 8 heavy (non-hydrogen) atoms. The topological polar surface area (TPSA) is 9.23 Å². The Kier molecular flexibility index (Phi) is 3.26. The van der Waals surface area contributed by atoms with Gasteiger partial charge in [0.05, 0.1) is 0 Å². The molecule has 0 saturated carbocycles. The van der Waals surface area contributed by atoms with Crippen molar-refractivity contribution in [1.82, 2.24) is 0 Å². The van der Waals surface area contributed by atoms with E-state index in [0.717, 1.165) is 0 Å². The maximum Gasteiger partial charge on any atom is 0.253 e. The molecule has 0 bridgehead atoms. The van der Waals surface area contributed by atoms with Gasteiger partial charge in [-0.2, -0.15) is 0 Å². The van der Waals surface area contributed by atoms with Crippen LogP contribution in [0.3, 0.4) is 0 Å². The van der Waals surface area contributed by atoms with Gasteiger partial charge in [0.15, 0.2) is 12.7 Å². The molecule has 0 radical (unpaired) electrons. The molecule has 0 aromatic carbocycles. The highest BCUT2D eigenvalue weighted by Crippen LogP contribution is 2.05. The molecule has 1 atom stereocenters. The summed E-state index contributed by atoms with van der Waals surface area (Å²) in [6.45, 7) is 1.20. The van der Waals surface area contributed by atoms with Crippen molar-refractivity contribution in [2.24, 2.45) is 0 Å². The van der Waals surface area contributed by atoms with Gasteiger partial charge >= 0.3 is 0 Å². The van der Waals surface area contributed by atoms with Crippen LogP contribution in [0.5, 0.6) is 0 Å². The van der Waals surface area contributed by atoms with Crippen molar-refractivity contribution in [1.29, 1.82) is 0 Å². The molecule has 1 nitrogen and oxygen atoms in total. The summed E-state index contributed by atoms with van der Waals surface area (Å²) in [7, 11) is 0. The molecule has 0 heterocycles. The van der Waals surface area contributed by atoms with E-state index in [1.54, 1.807) is 0 Å². The van der Waals surface area contributed by atoms with Crippen LogP contribution in [0.1, 0.15) is 0 Å². The SMILES string of the molecule is C=C(F)C(F)OCF. The van der Waals surface area contributed by atoms with E-state index in [4.69, 9.17) is 0 Å². The van der Waals surface area contributed by atoms with Crippen LogP contribution in [0.15, 0.2) is 12.4 Å². The summed E-state index contributed by atoms with van der Waals surface area (Å²) in [5.41, 5.74) is 0. The second-order valence-electron chi connectivity index (χ2n) is 1.04. The molecule has 0 saturated heterocycles. The van der Waals surface area contributed by atoms with E-state index in [1.165, 1.54) is 0 Å². The molecule has 0 aromatic heterocycles. The van der Waals surface area contributed by atoms with Crippen LogP contribution in [0, 0.1) is 0 Å². The lowest BCUT2D eigenvalue weighted by Gasteiger charge is -1.99. The van der Waals surface area contributed by atoms with Gasteiger partial charge in [0, 0.05) is 0 Å². The average molecular weight is 126 g/mol. The average Bonchev–Trinajstić information content (AvgIpc) is 1.67. The Morgan fingerprint density at radius 2 is 2.25 bits per heavy atom. The molecule has 0 aromatic rings. The zero-order valence-electron chi connectivity index (χ0n) is 4.03. The van der Waals surface area contributed by atoms with Gasteiger partial charge in [0.25, 0.3) is 6.36 Å². The maximum absolute atomic E-state index is 11.6. The van der Waals surface area contributed by atoms with Gasteiger partial charge in [-0.15, -0.1) is 0 Å². The Balaban J connectivity index is 3.32. The molecule has 48 valence electrons. The summed E-state index contributed by atoms with van der Waals surface area (Å²) in [4.78, 5) is 0. The van der Waals surface area contributed by atoms with Crippen LogP contribution in [0.2, 0.25) is 0 Å². The summed E-state index contributed by atoms with van der Waals surface area (Å²) in [6.07, 6.45) is -2.32. The molecular weight excluding hydrogens is 121 g/mol. The monoisotopic (exact) mass is 126 g/mol. The zero-order chi connectivity index (χ0) is 6.57. The standard InChI is InChI=1S/C4H5F3O/c1-3(6)4(7)8-2-5/h4H,1-2H2. The van der Waals surface area contributed by atoms with E-state index in [2.05, 4.69) is 11.3 Å². The first-order chi connectivity index (χ1) is 3.68. The van der Waals surface area contributed by atoms with Crippen LogP contribution in [0.25, 0.3) is 0 Å². The van der Waals surface area contributed by atoms with Crippen LogP contribution in [-0.2, 0) is 4.74 Å². The van der Waals surface area contributed by atoms with Gasteiger partial charge in [-0.05, 0) is 0 Å². The Morgan fingerprint density at radius 3 is 2.38 bits per heavy atom. The van der Waals surface area contributed by atoms with Crippen molar-refractivity contribution in [2.45, 2.75) is 6.36 Å². The first-order valence-corrected chi connectivity index (χ1v) is 1.84. The molecule has 0 N–H and O–H groups in total. The Hall–Kier alpha value is -0.510. The fraction of sp³-hybridized carbons (Fsp3) is 0.500. The highest BCUT2D eigenvalue weighted by atomic mass is 19.2. The number of alkyl halides is 2. The molecule has 4 heteroatoms. The lowest BCUT2D eigenvalue weighted by molar-refractivity contribution is -0.0645. The molecule has 0 amide bonds. The fourth-order valence-corrected chi connectivity index (χ4v) is 0.146. The van der Waals surface area contributed by atoms with Gasteiger partial charge in [-0.1, -0.05) is 6.58 Å². The molecule has 0 fully saturated rings. The minimum atomic E-state index is -2.32. The Morgan fingerprint density at radius 1 is 1.75 bits per heavy atom. The predicted molar refractivity (Wildman–Crippen MR) is 22.2 cm³/mol. The number of ether oxygens (including phenoxy) is 1. The molecule has 0 rings (SSSR count). The van der Waals surface area contributed by atoms with Crippen molar-refractivity contribution in [3.63, 3.8) is 0 Å². The number of hydrogen-bond donors (Lipinski definition) is 0. The summed E-state index contributed by atoms with van der Waals surface area (Å²) in [6, 6.07) is 0. The van der Waals surface area contributed by atoms with E-state index in [0.29, 0.717) is 0 Å². The van der Waals surface area contributed by atoms with Crippen molar-refractivity contribution in [2.75, 3.05) is 6.86 Å². The molecule has 0 aliphatic heterocycles. The minimum absolute atomic E-state index is 1.32. The normalized spacial score (nSPS) is 13.4. The Labute approximate surface area is 44.8 Å². The molecule has 1 unspecified atom stereocenters. The Bertz CT molecular complexity index is 83.4. The van der Waals surface area contributed by atoms with Gasteiger partial charge in [0.2, 0.25) is 0 Å². The maximum atomic E-state index is 11.6. The summed E-state index contributed by atoms with van der Waals surface area (Å²) in [5, 5.41) is 0. The quantitative estimate of drug-likeness (QED) is 0.559. The first-order valence-electron chi connectivity index (χ1n) is 1.84. The first kappa shape index (κ1) is 7.49. The number of rotatable bonds is 3.